The molecule has 0 saturated carbocycles. The van der Waals surface area contributed by atoms with Crippen LogP contribution in [0.25, 0.3) is 5.69 Å². The van der Waals surface area contributed by atoms with E-state index in [4.69, 9.17) is 37.4 Å². The van der Waals surface area contributed by atoms with E-state index in [1.165, 1.54) is 37.4 Å². The molecule has 1 aliphatic rings. The summed E-state index contributed by atoms with van der Waals surface area (Å²) < 4.78 is 48.9. The number of benzene rings is 3. The molecule has 4 aromatic rings. The Morgan fingerprint density at radius 1 is 1.05 bits per heavy atom. The highest BCUT2D eigenvalue weighted by molar-refractivity contribution is 6.33. The van der Waals surface area contributed by atoms with Gasteiger partial charge in [-0.3, -0.25) is 9.36 Å². The Kier molecular flexibility index (Phi) is 7.94. The zero-order valence-electron chi connectivity index (χ0n) is 21.3. The van der Waals surface area contributed by atoms with Crippen molar-refractivity contribution in [1.82, 2.24) is 14.8 Å². The molecule has 2 heterocycles. The van der Waals surface area contributed by atoms with Crippen molar-refractivity contribution in [2.75, 3.05) is 13.7 Å². The molecular weight excluding hydrogens is 583 g/mol. The molecule has 1 N–H and O–H groups in total. The molecule has 0 unspecified atom stereocenters. The van der Waals surface area contributed by atoms with E-state index in [0.717, 1.165) is 4.57 Å². The lowest BCUT2D eigenvalue weighted by molar-refractivity contribution is -0.141. The first kappa shape index (κ1) is 28.5. The summed E-state index contributed by atoms with van der Waals surface area (Å²) in [6.45, 7) is -1.35. The fourth-order valence-electron chi connectivity index (χ4n) is 4.52. The molecule has 0 aliphatic carbocycles. The van der Waals surface area contributed by atoms with Crippen molar-refractivity contribution in [2.45, 2.75) is 24.6 Å². The van der Waals surface area contributed by atoms with Crippen molar-refractivity contribution in [1.29, 1.82) is 0 Å². The molecule has 41 heavy (non-hydrogen) atoms. The quantitative estimate of drug-likeness (QED) is 0.238. The van der Waals surface area contributed by atoms with Crippen LogP contribution in [0.5, 0.6) is 5.75 Å². The van der Waals surface area contributed by atoms with Gasteiger partial charge in [0, 0.05) is 16.1 Å². The number of hydrogen-bond acceptors (Lipinski definition) is 7. The number of carbonyl (C=O) groups excluding carboxylic acids is 1. The molecule has 0 amide bonds. The standard InChI is InChI=1S/C28H21Cl2F2N3O6/c1-39-20-9-5-8-17(23(20)30)24-18-12-16(29)10-11-19(18)35-25(21(41-24)13-22(36)37)33-34-27(35)28(31,32)14-40-26(38)15-6-3-2-4-7-15/h2-12,21,24H,13-14H2,1H3,(H,36,37)/t21-,24-/m1/s1. The number of aliphatic carboxylic acids is 1. The number of carboxylic acid groups (broad SMARTS) is 1. The van der Waals surface area contributed by atoms with Crippen molar-refractivity contribution < 1.29 is 37.7 Å². The third-order valence-electron chi connectivity index (χ3n) is 6.37. The maximum absolute atomic E-state index is 15.7. The molecule has 212 valence electrons. The first-order chi connectivity index (χ1) is 19.6. The Balaban J connectivity index is 1.63. The van der Waals surface area contributed by atoms with Crippen molar-refractivity contribution in [3.63, 3.8) is 0 Å². The Labute approximate surface area is 242 Å². The molecule has 0 fully saturated rings. The average molecular weight is 604 g/mol. The smallest absolute Gasteiger partial charge is 0.340 e. The molecular formula is C28H21Cl2F2N3O6. The van der Waals surface area contributed by atoms with Crippen LogP contribution in [-0.4, -0.2) is 45.5 Å². The Morgan fingerprint density at radius 3 is 2.51 bits per heavy atom. The van der Waals surface area contributed by atoms with Gasteiger partial charge in [0.15, 0.2) is 12.4 Å². The minimum absolute atomic E-state index is 0.0938. The van der Waals surface area contributed by atoms with E-state index >= 15 is 8.78 Å². The largest absolute Gasteiger partial charge is 0.495 e. The number of halogens is 4. The van der Waals surface area contributed by atoms with E-state index in [0.29, 0.717) is 16.9 Å². The molecule has 13 heteroatoms. The summed E-state index contributed by atoms with van der Waals surface area (Å²) >= 11 is 12.9. The zero-order valence-corrected chi connectivity index (χ0v) is 22.8. The number of rotatable bonds is 8. The second-order valence-corrected chi connectivity index (χ2v) is 9.85. The highest BCUT2D eigenvalue weighted by Crippen LogP contribution is 2.46. The number of hydrogen-bond donors (Lipinski definition) is 1. The highest BCUT2D eigenvalue weighted by atomic mass is 35.5. The van der Waals surface area contributed by atoms with E-state index in [2.05, 4.69) is 10.2 Å². The molecule has 1 aromatic heterocycles. The van der Waals surface area contributed by atoms with Crippen LogP contribution in [0.15, 0.2) is 66.7 Å². The third-order valence-corrected chi connectivity index (χ3v) is 7.01. The van der Waals surface area contributed by atoms with Gasteiger partial charge in [-0.05, 0) is 36.4 Å². The molecule has 5 rings (SSSR count). The number of carboxylic acids is 1. The minimum atomic E-state index is -3.84. The van der Waals surface area contributed by atoms with Gasteiger partial charge in [0.2, 0.25) is 5.82 Å². The lowest BCUT2D eigenvalue weighted by Crippen LogP contribution is -2.28. The number of ether oxygens (including phenoxy) is 3. The highest BCUT2D eigenvalue weighted by Gasteiger charge is 2.44. The third kappa shape index (κ3) is 5.61. The Hall–Kier alpha value is -4.06. The number of nitrogens with zero attached hydrogens (tertiary/aromatic N) is 3. The van der Waals surface area contributed by atoms with Gasteiger partial charge in [-0.1, -0.05) is 53.5 Å². The summed E-state index contributed by atoms with van der Waals surface area (Å²) in [6.07, 6.45) is -3.03. The number of carbonyl (C=O) groups is 2. The number of methoxy groups -OCH3 is 1. The van der Waals surface area contributed by atoms with E-state index in [1.54, 1.807) is 36.4 Å². The summed E-state index contributed by atoms with van der Waals surface area (Å²) in [4.78, 5) is 24.2. The first-order valence-corrected chi connectivity index (χ1v) is 12.9. The predicted molar refractivity (Wildman–Crippen MR) is 143 cm³/mol. The molecule has 0 saturated heterocycles. The van der Waals surface area contributed by atoms with Crippen LogP contribution in [0.4, 0.5) is 8.78 Å². The summed E-state index contributed by atoms with van der Waals surface area (Å²) in [5.74, 6) is -6.81. The fraction of sp³-hybridized carbons (Fsp3) is 0.214. The Bertz CT molecular complexity index is 1620. The lowest BCUT2D eigenvalue weighted by atomic mass is 9.99. The van der Waals surface area contributed by atoms with Crippen LogP contribution < -0.4 is 4.74 Å². The molecule has 9 nitrogen and oxygen atoms in total. The van der Waals surface area contributed by atoms with Crippen LogP contribution in [0.2, 0.25) is 10.0 Å². The maximum Gasteiger partial charge on any atom is 0.340 e. The van der Waals surface area contributed by atoms with E-state index in [1.807, 2.05) is 0 Å². The lowest BCUT2D eigenvalue weighted by Gasteiger charge is -2.23. The topological polar surface area (TPSA) is 113 Å². The molecule has 2 atom stereocenters. The van der Waals surface area contributed by atoms with Crippen LogP contribution in [0, 0.1) is 0 Å². The maximum atomic E-state index is 15.7. The summed E-state index contributed by atoms with van der Waals surface area (Å²) in [5.41, 5.74) is 0.917. The normalized spacial score (nSPS) is 16.3. The van der Waals surface area contributed by atoms with E-state index in [9.17, 15) is 14.7 Å². The van der Waals surface area contributed by atoms with Crippen LogP contribution in [0.3, 0.4) is 0 Å². The fourth-order valence-corrected chi connectivity index (χ4v) is 5.00. The molecule has 3 aromatic carbocycles. The zero-order chi connectivity index (χ0) is 29.3. The van der Waals surface area contributed by atoms with Gasteiger partial charge >= 0.3 is 17.9 Å². The second-order valence-electron chi connectivity index (χ2n) is 9.03. The van der Waals surface area contributed by atoms with Crippen LogP contribution in [0.1, 0.15) is 51.8 Å². The van der Waals surface area contributed by atoms with Gasteiger partial charge < -0.3 is 19.3 Å². The monoisotopic (exact) mass is 603 g/mol. The van der Waals surface area contributed by atoms with Crippen LogP contribution in [-0.2, 0) is 20.2 Å². The van der Waals surface area contributed by atoms with Gasteiger partial charge in [0.05, 0.1) is 29.8 Å². The second kappa shape index (κ2) is 11.4. The number of fused-ring (bicyclic) bond motifs is 3. The number of esters is 1. The van der Waals surface area contributed by atoms with E-state index in [-0.39, 0.29) is 27.1 Å². The molecule has 0 radical (unpaired) electrons. The van der Waals surface area contributed by atoms with Crippen LogP contribution >= 0.6 is 23.2 Å². The van der Waals surface area contributed by atoms with Gasteiger partial charge in [-0.25, -0.2) is 4.79 Å². The summed E-state index contributed by atoms with van der Waals surface area (Å²) in [5, 5.41) is 17.7. The van der Waals surface area contributed by atoms with Gasteiger partial charge in [-0.2, -0.15) is 8.78 Å². The van der Waals surface area contributed by atoms with Crippen molar-refractivity contribution in [3.05, 3.63) is 105 Å². The number of alkyl halides is 2. The SMILES string of the molecule is COc1cccc([C@H]2O[C@H](CC(=O)O)c3nnc(C(F)(F)COC(=O)c4ccccc4)n3-c3ccc(Cl)cc32)c1Cl. The van der Waals surface area contributed by atoms with Gasteiger partial charge in [0.1, 0.15) is 18.0 Å². The molecule has 0 spiro atoms. The molecule has 1 aliphatic heterocycles. The molecule has 0 bridgehead atoms. The van der Waals surface area contributed by atoms with Gasteiger partial charge in [0.25, 0.3) is 0 Å². The average Bonchev–Trinajstić information content (AvgIpc) is 3.36. The van der Waals surface area contributed by atoms with E-state index < -0.39 is 48.9 Å². The predicted octanol–water partition coefficient (Wildman–Crippen LogP) is 6.17. The summed E-state index contributed by atoms with van der Waals surface area (Å²) in [6, 6.07) is 17.0. The Morgan fingerprint density at radius 2 is 1.80 bits per heavy atom. The number of aromatic nitrogens is 3. The first-order valence-electron chi connectivity index (χ1n) is 12.2. The van der Waals surface area contributed by atoms with Gasteiger partial charge in [-0.15, -0.1) is 10.2 Å². The van der Waals surface area contributed by atoms with Crippen molar-refractivity contribution in [3.8, 4) is 11.4 Å². The van der Waals surface area contributed by atoms with Crippen molar-refractivity contribution in [2.24, 2.45) is 0 Å². The minimum Gasteiger partial charge on any atom is -0.495 e. The van der Waals surface area contributed by atoms with Crippen molar-refractivity contribution >= 4 is 35.1 Å². The summed E-state index contributed by atoms with van der Waals surface area (Å²) in [7, 11) is 1.43.